The second-order valence-corrected chi connectivity index (χ2v) is 4.23. The lowest BCUT2D eigenvalue weighted by atomic mass is 10.1. The molecule has 0 radical (unpaired) electrons. The van der Waals surface area contributed by atoms with Crippen molar-refractivity contribution in [2.75, 3.05) is 0 Å². The summed E-state index contributed by atoms with van der Waals surface area (Å²) in [4.78, 5) is 22.7. The maximum atomic E-state index is 12.0. The van der Waals surface area contributed by atoms with Crippen LogP contribution in [0.5, 0.6) is 5.75 Å². The summed E-state index contributed by atoms with van der Waals surface area (Å²) in [7, 11) is 0. The molecule has 1 aromatic carbocycles. The molecule has 0 aliphatic heterocycles. The minimum absolute atomic E-state index is 0.0480. The zero-order chi connectivity index (χ0) is 16.0. The number of rotatable bonds is 6. The Balaban J connectivity index is 2.72. The quantitative estimate of drug-likeness (QED) is 0.847. The zero-order valence-electron chi connectivity index (χ0n) is 11.1. The molecule has 0 spiro atoms. The fourth-order valence-corrected chi connectivity index (χ4v) is 1.60. The Morgan fingerprint density at radius 1 is 1.29 bits per heavy atom. The standard InChI is InChI=1S/C13H14F3NO4/c1-2-3-10(12(19)20)17-11(18)8-4-6-9(7-5-8)21-13(14,15)16/h4-7,10H,2-3H2,1H3,(H,17,18)(H,19,20). The molecule has 2 N–H and O–H groups in total. The van der Waals surface area contributed by atoms with Crippen LogP contribution in [0.4, 0.5) is 13.2 Å². The smallest absolute Gasteiger partial charge is 0.480 e. The maximum Gasteiger partial charge on any atom is 0.573 e. The number of carbonyl (C=O) groups is 2. The summed E-state index contributed by atoms with van der Waals surface area (Å²) in [5.74, 6) is -2.29. The van der Waals surface area contributed by atoms with Gasteiger partial charge < -0.3 is 15.2 Å². The van der Waals surface area contributed by atoms with Crippen molar-refractivity contribution in [2.24, 2.45) is 0 Å². The Kier molecular flexibility index (Phi) is 5.57. The summed E-state index contributed by atoms with van der Waals surface area (Å²) < 4.78 is 39.6. The average molecular weight is 305 g/mol. The number of nitrogens with one attached hydrogen (secondary N) is 1. The fourth-order valence-electron chi connectivity index (χ4n) is 1.60. The number of carbonyl (C=O) groups excluding carboxylic acids is 1. The van der Waals surface area contributed by atoms with Crippen LogP contribution >= 0.6 is 0 Å². The van der Waals surface area contributed by atoms with Crippen LogP contribution in [0.2, 0.25) is 0 Å². The van der Waals surface area contributed by atoms with Crippen LogP contribution in [0, 0.1) is 0 Å². The first-order valence-electron chi connectivity index (χ1n) is 6.12. The van der Waals surface area contributed by atoms with Gasteiger partial charge in [-0.25, -0.2) is 4.79 Å². The van der Waals surface area contributed by atoms with Gasteiger partial charge in [-0.15, -0.1) is 13.2 Å². The SMILES string of the molecule is CCCC(NC(=O)c1ccc(OC(F)(F)F)cc1)C(=O)O. The topological polar surface area (TPSA) is 75.6 Å². The highest BCUT2D eigenvalue weighted by atomic mass is 19.4. The van der Waals surface area contributed by atoms with Crippen LogP contribution in [0.15, 0.2) is 24.3 Å². The van der Waals surface area contributed by atoms with Gasteiger partial charge in [0.1, 0.15) is 11.8 Å². The monoisotopic (exact) mass is 305 g/mol. The minimum Gasteiger partial charge on any atom is -0.480 e. The molecule has 0 saturated carbocycles. The van der Waals surface area contributed by atoms with Crippen LogP contribution in [0.1, 0.15) is 30.1 Å². The van der Waals surface area contributed by atoms with Crippen LogP contribution < -0.4 is 10.1 Å². The van der Waals surface area contributed by atoms with Gasteiger partial charge in [0.15, 0.2) is 0 Å². The van der Waals surface area contributed by atoms with Crippen LogP contribution in [-0.2, 0) is 4.79 Å². The van der Waals surface area contributed by atoms with E-state index >= 15 is 0 Å². The number of aliphatic carboxylic acids is 1. The van der Waals surface area contributed by atoms with Crippen molar-refractivity contribution in [1.82, 2.24) is 5.32 Å². The number of carboxylic acids is 1. The normalized spacial score (nSPS) is 12.6. The maximum absolute atomic E-state index is 12.0. The highest BCUT2D eigenvalue weighted by Crippen LogP contribution is 2.22. The molecule has 0 aliphatic rings. The van der Waals surface area contributed by atoms with Gasteiger partial charge in [-0.2, -0.15) is 0 Å². The second-order valence-electron chi connectivity index (χ2n) is 4.23. The van der Waals surface area contributed by atoms with E-state index in [2.05, 4.69) is 10.1 Å². The third-order valence-corrected chi connectivity index (χ3v) is 2.53. The summed E-state index contributed by atoms with van der Waals surface area (Å²) >= 11 is 0. The van der Waals surface area contributed by atoms with Gasteiger partial charge in [0, 0.05) is 5.56 Å². The van der Waals surface area contributed by atoms with Crippen molar-refractivity contribution in [3.05, 3.63) is 29.8 Å². The molecule has 1 amide bonds. The number of halogens is 3. The fraction of sp³-hybridized carbons (Fsp3) is 0.385. The van der Waals surface area contributed by atoms with Crippen molar-refractivity contribution in [2.45, 2.75) is 32.2 Å². The van der Waals surface area contributed by atoms with Gasteiger partial charge in [0.05, 0.1) is 0 Å². The Bertz CT molecular complexity index is 499. The third kappa shape index (κ3) is 5.72. The number of amides is 1. The Labute approximate surface area is 118 Å². The molecule has 0 bridgehead atoms. The predicted molar refractivity (Wildman–Crippen MR) is 66.9 cm³/mol. The first-order chi connectivity index (χ1) is 9.73. The average Bonchev–Trinajstić information content (AvgIpc) is 2.36. The lowest BCUT2D eigenvalue weighted by Crippen LogP contribution is -2.40. The predicted octanol–water partition coefficient (Wildman–Crippen LogP) is 2.57. The van der Waals surface area contributed by atoms with Crippen molar-refractivity contribution in [1.29, 1.82) is 0 Å². The molecular weight excluding hydrogens is 291 g/mol. The van der Waals surface area contributed by atoms with E-state index in [0.29, 0.717) is 6.42 Å². The van der Waals surface area contributed by atoms with Crippen LogP contribution in [0.3, 0.4) is 0 Å². The first-order valence-corrected chi connectivity index (χ1v) is 6.12. The molecule has 0 saturated heterocycles. The number of carboxylic acid groups (broad SMARTS) is 1. The third-order valence-electron chi connectivity index (χ3n) is 2.53. The molecule has 116 valence electrons. The molecule has 0 aromatic heterocycles. The number of hydrogen-bond donors (Lipinski definition) is 2. The summed E-state index contributed by atoms with van der Waals surface area (Å²) in [5, 5.41) is 11.2. The van der Waals surface area contributed by atoms with Crippen molar-refractivity contribution in [3.63, 3.8) is 0 Å². The number of hydrogen-bond acceptors (Lipinski definition) is 3. The molecule has 8 heteroatoms. The minimum atomic E-state index is -4.81. The number of alkyl halides is 3. The summed E-state index contributed by atoms with van der Waals surface area (Å²) in [6, 6.07) is 3.19. The molecule has 1 atom stereocenters. The lowest BCUT2D eigenvalue weighted by Gasteiger charge is -2.14. The molecule has 5 nitrogen and oxygen atoms in total. The van der Waals surface area contributed by atoms with E-state index in [1.165, 1.54) is 0 Å². The second kappa shape index (κ2) is 6.96. The molecule has 1 rings (SSSR count). The molecule has 21 heavy (non-hydrogen) atoms. The van der Waals surface area contributed by atoms with Crippen LogP contribution in [-0.4, -0.2) is 29.4 Å². The van der Waals surface area contributed by atoms with Crippen molar-refractivity contribution in [3.8, 4) is 5.75 Å². The van der Waals surface area contributed by atoms with E-state index in [4.69, 9.17) is 5.11 Å². The van der Waals surface area contributed by atoms with E-state index in [1.54, 1.807) is 6.92 Å². The molecular formula is C13H14F3NO4. The molecule has 0 heterocycles. The van der Waals surface area contributed by atoms with E-state index in [1.807, 2.05) is 0 Å². The molecule has 1 aromatic rings. The van der Waals surface area contributed by atoms with Gasteiger partial charge in [-0.1, -0.05) is 13.3 Å². The molecule has 0 aliphatic carbocycles. The zero-order valence-corrected chi connectivity index (χ0v) is 11.1. The Hall–Kier alpha value is -2.25. The van der Waals surface area contributed by atoms with Crippen LogP contribution in [0.25, 0.3) is 0 Å². The largest absolute Gasteiger partial charge is 0.573 e. The van der Waals surface area contributed by atoms with E-state index in [0.717, 1.165) is 24.3 Å². The van der Waals surface area contributed by atoms with Crippen molar-refractivity contribution < 1.29 is 32.6 Å². The van der Waals surface area contributed by atoms with E-state index in [-0.39, 0.29) is 12.0 Å². The van der Waals surface area contributed by atoms with Gasteiger partial charge in [0.2, 0.25) is 0 Å². The number of benzene rings is 1. The Morgan fingerprint density at radius 3 is 2.29 bits per heavy atom. The highest BCUT2D eigenvalue weighted by Gasteiger charge is 2.31. The van der Waals surface area contributed by atoms with Gasteiger partial charge >= 0.3 is 12.3 Å². The van der Waals surface area contributed by atoms with E-state index in [9.17, 15) is 22.8 Å². The van der Waals surface area contributed by atoms with Gasteiger partial charge in [-0.05, 0) is 30.7 Å². The lowest BCUT2D eigenvalue weighted by molar-refractivity contribution is -0.274. The summed E-state index contributed by atoms with van der Waals surface area (Å²) in [5.41, 5.74) is 0.0480. The Morgan fingerprint density at radius 2 is 1.86 bits per heavy atom. The molecule has 1 unspecified atom stereocenters. The summed E-state index contributed by atoms with van der Waals surface area (Å²) in [6.07, 6.45) is -3.98. The summed E-state index contributed by atoms with van der Waals surface area (Å²) in [6.45, 7) is 1.77. The van der Waals surface area contributed by atoms with E-state index < -0.39 is 30.0 Å². The number of ether oxygens (including phenoxy) is 1. The highest BCUT2D eigenvalue weighted by molar-refractivity contribution is 5.96. The van der Waals surface area contributed by atoms with Gasteiger partial charge in [-0.3, -0.25) is 4.79 Å². The van der Waals surface area contributed by atoms with Crippen molar-refractivity contribution >= 4 is 11.9 Å². The molecule has 0 fully saturated rings. The first kappa shape index (κ1) is 16.8. The van der Waals surface area contributed by atoms with Gasteiger partial charge in [0.25, 0.3) is 5.91 Å².